The molecular formula is C18H24N2O4. The normalized spacial score (nSPS) is 18.8. The topological polar surface area (TPSA) is 84.5 Å². The number of methoxy groups -OCH3 is 1. The molecule has 6 nitrogen and oxygen atoms in total. The summed E-state index contributed by atoms with van der Waals surface area (Å²) in [4.78, 5) is 35.5. The highest BCUT2D eigenvalue weighted by Gasteiger charge is 2.47. The van der Waals surface area contributed by atoms with Crippen LogP contribution in [0.3, 0.4) is 0 Å². The first-order valence-electron chi connectivity index (χ1n) is 8.19. The van der Waals surface area contributed by atoms with Crippen LogP contribution in [-0.2, 0) is 14.3 Å². The molecule has 0 radical (unpaired) electrons. The van der Waals surface area contributed by atoms with E-state index in [0.29, 0.717) is 30.1 Å². The van der Waals surface area contributed by atoms with Crippen LogP contribution in [0.4, 0.5) is 5.69 Å². The zero-order valence-electron chi connectivity index (χ0n) is 14.3. The van der Waals surface area contributed by atoms with E-state index in [2.05, 4.69) is 29.2 Å². The molecule has 24 heavy (non-hydrogen) atoms. The average Bonchev–Trinajstić information content (AvgIpc) is 3.35. The van der Waals surface area contributed by atoms with E-state index in [1.54, 1.807) is 24.3 Å². The van der Waals surface area contributed by atoms with Crippen LogP contribution < -0.4 is 10.6 Å². The first kappa shape index (κ1) is 18.0. The summed E-state index contributed by atoms with van der Waals surface area (Å²) in [5.74, 6) is -0.595. The lowest BCUT2D eigenvalue weighted by Crippen LogP contribution is -2.28. The maximum absolute atomic E-state index is 12.2. The molecule has 1 aliphatic rings. The zero-order chi connectivity index (χ0) is 17.7. The standard InChI is InChI=1S/C18H24N2O4/c1-11(2)8-9-19-16(21)14-10-15(14)17(22)20-13-6-4-12(5-7-13)18(23)24-3/h4-7,11,14-15H,8-10H2,1-3H3,(H,19,21)(H,20,22). The second-order valence-electron chi connectivity index (χ2n) is 6.48. The molecule has 6 heteroatoms. The number of amides is 2. The Kier molecular flexibility index (Phi) is 5.95. The van der Waals surface area contributed by atoms with Crippen molar-refractivity contribution in [3.63, 3.8) is 0 Å². The van der Waals surface area contributed by atoms with Crippen molar-refractivity contribution in [1.29, 1.82) is 0 Å². The van der Waals surface area contributed by atoms with E-state index in [0.717, 1.165) is 6.42 Å². The second-order valence-corrected chi connectivity index (χ2v) is 6.48. The van der Waals surface area contributed by atoms with Crippen molar-refractivity contribution >= 4 is 23.5 Å². The molecule has 1 saturated carbocycles. The summed E-state index contributed by atoms with van der Waals surface area (Å²) in [7, 11) is 1.32. The molecule has 0 saturated heterocycles. The number of hydrogen-bond donors (Lipinski definition) is 2. The Hall–Kier alpha value is -2.37. The summed E-state index contributed by atoms with van der Waals surface area (Å²) in [5.41, 5.74) is 1.02. The smallest absolute Gasteiger partial charge is 0.337 e. The molecule has 2 N–H and O–H groups in total. The van der Waals surface area contributed by atoms with Crippen LogP contribution in [0.5, 0.6) is 0 Å². The van der Waals surface area contributed by atoms with E-state index in [1.807, 2.05) is 0 Å². The van der Waals surface area contributed by atoms with Crippen molar-refractivity contribution in [3.8, 4) is 0 Å². The monoisotopic (exact) mass is 332 g/mol. The summed E-state index contributed by atoms with van der Waals surface area (Å²) in [6.07, 6.45) is 1.52. The van der Waals surface area contributed by atoms with Gasteiger partial charge in [-0.2, -0.15) is 0 Å². The molecule has 2 amide bonds. The first-order chi connectivity index (χ1) is 11.4. The Morgan fingerprint density at radius 1 is 1.12 bits per heavy atom. The van der Waals surface area contributed by atoms with Gasteiger partial charge < -0.3 is 15.4 Å². The van der Waals surface area contributed by atoms with Gasteiger partial charge in [0.1, 0.15) is 0 Å². The highest BCUT2D eigenvalue weighted by Crippen LogP contribution is 2.39. The molecule has 1 fully saturated rings. The highest BCUT2D eigenvalue weighted by atomic mass is 16.5. The van der Waals surface area contributed by atoms with Crippen LogP contribution >= 0.6 is 0 Å². The number of ether oxygens (including phenoxy) is 1. The Morgan fingerprint density at radius 3 is 2.33 bits per heavy atom. The van der Waals surface area contributed by atoms with Crippen molar-refractivity contribution in [2.24, 2.45) is 17.8 Å². The third-order valence-corrected chi connectivity index (χ3v) is 4.06. The highest BCUT2D eigenvalue weighted by molar-refractivity contribution is 5.99. The van der Waals surface area contributed by atoms with Crippen LogP contribution in [0.15, 0.2) is 24.3 Å². The minimum absolute atomic E-state index is 0.0446. The van der Waals surface area contributed by atoms with Crippen LogP contribution in [0.25, 0.3) is 0 Å². The Bertz CT molecular complexity index is 610. The molecule has 0 bridgehead atoms. The Morgan fingerprint density at radius 2 is 1.75 bits per heavy atom. The van der Waals surface area contributed by atoms with Crippen molar-refractivity contribution < 1.29 is 19.1 Å². The van der Waals surface area contributed by atoms with Gasteiger partial charge in [-0.3, -0.25) is 9.59 Å². The molecule has 0 spiro atoms. The maximum Gasteiger partial charge on any atom is 0.337 e. The van der Waals surface area contributed by atoms with Gasteiger partial charge in [-0.05, 0) is 43.0 Å². The van der Waals surface area contributed by atoms with Gasteiger partial charge in [0.2, 0.25) is 11.8 Å². The SMILES string of the molecule is COC(=O)c1ccc(NC(=O)C2CC2C(=O)NCCC(C)C)cc1. The zero-order valence-corrected chi connectivity index (χ0v) is 14.3. The number of nitrogens with one attached hydrogen (secondary N) is 2. The molecule has 2 unspecified atom stereocenters. The number of anilines is 1. The van der Waals surface area contributed by atoms with Crippen LogP contribution in [0, 0.1) is 17.8 Å². The van der Waals surface area contributed by atoms with Crippen molar-refractivity contribution in [2.75, 3.05) is 19.0 Å². The predicted octanol–water partition coefficient (Wildman–Crippen LogP) is 2.21. The first-order valence-corrected chi connectivity index (χ1v) is 8.19. The molecule has 1 aliphatic carbocycles. The van der Waals surface area contributed by atoms with E-state index < -0.39 is 5.97 Å². The average molecular weight is 332 g/mol. The van der Waals surface area contributed by atoms with Gasteiger partial charge in [0.25, 0.3) is 0 Å². The number of carbonyl (C=O) groups excluding carboxylic acids is 3. The lowest BCUT2D eigenvalue weighted by molar-refractivity contribution is -0.125. The third-order valence-electron chi connectivity index (χ3n) is 4.06. The molecule has 0 aliphatic heterocycles. The fraction of sp³-hybridized carbons (Fsp3) is 0.500. The summed E-state index contributed by atoms with van der Waals surface area (Å²) in [6, 6.07) is 6.46. The summed E-state index contributed by atoms with van der Waals surface area (Å²) in [5, 5.41) is 5.66. The minimum atomic E-state index is -0.423. The fourth-order valence-electron chi connectivity index (χ4n) is 2.43. The molecule has 130 valence electrons. The van der Waals surface area contributed by atoms with Crippen molar-refractivity contribution in [2.45, 2.75) is 26.7 Å². The number of benzene rings is 1. The van der Waals surface area contributed by atoms with Crippen molar-refractivity contribution in [1.82, 2.24) is 5.32 Å². The van der Waals surface area contributed by atoms with Crippen LogP contribution in [-0.4, -0.2) is 31.4 Å². The van der Waals surface area contributed by atoms with Gasteiger partial charge in [-0.25, -0.2) is 4.79 Å². The van der Waals surface area contributed by atoms with E-state index in [-0.39, 0.29) is 23.7 Å². The molecule has 2 rings (SSSR count). The van der Waals surface area contributed by atoms with Crippen LogP contribution in [0.2, 0.25) is 0 Å². The summed E-state index contributed by atoms with van der Waals surface area (Å²) < 4.78 is 4.62. The van der Waals surface area contributed by atoms with E-state index in [1.165, 1.54) is 7.11 Å². The van der Waals surface area contributed by atoms with Gasteiger partial charge in [-0.15, -0.1) is 0 Å². The lowest BCUT2D eigenvalue weighted by Gasteiger charge is -2.08. The summed E-state index contributed by atoms with van der Waals surface area (Å²) >= 11 is 0. The van der Waals surface area contributed by atoms with Gasteiger partial charge in [0.05, 0.1) is 24.5 Å². The summed E-state index contributed by atoms with van der Waals surface area (Å²) in [6.45, 7) is 4.85. The fourth-order valence-corrected chi connectivity index (χ4v) is 2.43. The Balaban J connectivity index is 1.79. The lowest BCUT2D eigenvalue weighted by atomic mass is 10.1. The number of carbonyl (C=O) groups is 3. The predicted molar refractivity (Wildman–Crippen MR) is 90.5 cm³/mol. The van der Waals surface area contributed by atoms with Gasteiger partial charge in [0.15, 0.2) is 0 Å². The second kappa shape index (κ2) is 7.95. The molecule has 1 aromatic rings. The maximum atomic E-state index is 12.2. The molecule has 0 heterocycles. The number of hydrogen-bond acceptors (Lipinski definition) is 4. The van der Waals surface area contributed by atoms with Gasteiger partial charge >= 0.3 is 5.97 Å². The quantitative estimate of drug-likeness (QED) is 0.750. The largest absolute Gasteiger partial charge is 0.465 e. The number of rotatable bonds is 7. The van der Waals surface area contributed by atoms with Crippen molar-refractivity contribution in [3.05, 3.63) is 29.8 Å². The Labute approximate surface area is 142 Å². The van der Waals surface area contributed by atoms with E-state index in [4.69, 9.17) is 0 Å². The third kappa shape index (κ3) is 4.81. The minimum Gasteiger partial charge on any atom is -0.465 e. The van der Waals surface area contributed by atoms with Gasteiger partial charge in [0, 0.05) is 12.2 Å². The van der Waals surface area contributed by atoms with Crippen LogP contribution in [0.1, 0.15) is 37.0 Å². The van der Waals surface area contributed by atoms with E-state index >= 15 is 0 Å². The molecule has 2 atom stereocenters. The number of esters is 1. The van der Waals surface area contributed by atoms with E-state index in [9.17, 15) is 14.4 Å². The van der Waals surface area contributed by atoms with Gasteiger partial charge in [-0.1, -0.05) is 13.8 Å². The molecular weight excluding hydrogens is 308 g/mol. The molecule has 1 aromatic carbocycles. The molecule has 0 aromatic heterocycles.